The summed E-state index contributed by atoms with van der Waals surface area (Å²) < 4.78 is 26.1. The van der Waals surface area contributed by atoms with Gasteiger partial charge in [0.1, 0.15) is 4.34 Å². The third-order valence-corrected chi connectivity index (χ3v) is 7.68. The fourth-order valence-electron chi connectivity index (χ4n) is 3.00. The van der Waals surface area contributed by atoms with E-state index in [1.165, 1.54) is 33.2 Å². The molecule has 0 fully saturated rings. The monoisotopic (exact) mass is 473 g/mol. The molecule has 11 heteroatoms. The van der Waals surface area contributed by atoms with Crippen molar-refractivity contribution in [3.8, 4) is 11.3 Å². The van der Waals surface area contributed by atoms with E-state index in [9.17, 15) is 13.2 Å². The van der Waals surface area contributed by atoms with Gasteiger partial charge in [-0.2, -0.15) is 0 Å². The Morgan fingerprint density at radius 2 is 2.07 bits per heavy atom. The van der Waals surface area contributed by atoms with Crippen molar-refractivity contribution in [2.24, 2.45) is 0 Å². The second-order valence-corrected chi connectivity index (χ2v) is 11.2. The lowest BCUT2D eigenvalue weighted by molar-refractivity contribution is 0.102. The lowest BCUT2D eigenvalue weighted by Gasteiger charge is -2.16. The van der Waals surface area contributed by atoms with Gasteiger partial charge in [-0.1, -0.05) is 23.2 Å². The molecule has 1 N–H and O–H groups in total. The minimum Gasteiger partial charge on any atom is -0.298 e. The molecule has 6 nitrogen and oxygen atoms in total. The largest absolute Gasteiger partial charge is 0.298 e. The fourth-order valence-corrected chi connectivity index (χ4v) is 6.14. The number of sulfonamides is 1. The molecule has 1 aliphatic heterocycles. The van der Waals surface area contributed by atoms with E-state index < -0.39 is 10.0 Å². The van der Waals surface area contributed by atoms with Gasteiger partial charge < -0.3 is 0 Å². The van der Waals surface area contributed by atoms with Gasteiger partial charge in [-0.25, -0.2) is 13.4 Å². The van der Waals surface area contributed by atoms with Crippen LogP contribution in [0.2, 0.25) is 8.67 Å². The van der Waals surface area contributed by atoms with Gasteiger partial charge in [0, 0.05) is 23.1 Å². The Kier molecular flexibility index (Phi) is 5.13. The molecule has 0 saturated carbocycles. The zero-order valence-electron chi connectivity index (χ0n) is 14.4. The topological polar surface area (TPSA) is 79.4 Å². The Morgan fingerprint density at radius 3 is 2.75 bits per heavy atom. The highest BCUT2D eigenvalue weighted by molar-refractivity contribution is 7.92. The normalized spacial score (nSPS) is 13.6. The Morgan fingerprint density at radius 1 is 1.29 bits per heavy atom. The van der Waals surface area contributed by atoms with Crippen molar-refractivity contribution in [1.82, 2.24) is 4.98 Å². The van der Waals surface area contributed by atoms with Crippen LogP contribution in [0.5, 0.6) is 0 Å². The molecular formula is C17H13Cl2N3O3S3. The number of hydrogen-bond donors (Lipinski definition) is 1. The fraction of sp³-hybridized carbons (Fsp3) is 0.176. The average Bonchev–Trinajstić information content (AvgIpc) is 3.31. The van der Waals surface area contributed by atoms with E-state index in [1.807, 2.05) is 0 Å². The van der Waals surface area contributed by atoms with E-state index in [0.29, 0.717) is 43.7 Å². The SMILES string of the molecule is CS(=O)(=O)N1CCc2cc(C(=O)Nc3nc(-c4cc(Cl)sc4Cl)cs3)ccc21. The van der Waals surface area contributed by atoms with Crippen LogP contribution in [0.25, 0.3) is 11.3 Å². The van der Waals surface area contributed by atoms with Crippen LogP contribution in [0, 0.1) is 0 Å². The molecule has 0 aliphatic carbocycles. The van der Waals surface area contributed by atoms with Crippen LogP contribution in [0.4, 0.5) is 10.8 Å². The molecule has 0 saturated heterocycles. The van der Waals surface area contributed by atoms with E-state index >= 15 is 0 Å². The van der Waals surface area contributed by atoms with Crippen LogP contribution < -0.4 is 9.62 Å². The molecule has 4 rings (SSSR count). The summed E-state index contributed by atoms with van der Waals surface area (Å²) in [6.45, 7) is 0.388. The van der Waals surface area contributed by atoms with Gasteiger partial charge in [0.15, 0.2) is 5.13 Å². The maximum Gasteiger partial charge on any atom is 0.257 e. The van der Waals surface area contributed by atoms with Crippen LogP contribution in [0.1, 0.15) is 15.9 Å². The van der Waals surface area contributed by atoms with Crippen molar-refractivity contribution in [2.75, 3.05) is 22.4 Å². The number of hydrogen-bond acceptors (Lipinski definition) is 6. The van der Waals surface area contributed by atoms with E-state index in [2.05, 4.69) is 10.3 Å². The number of amides is 1. The molecule has 0 unspecified atom stereocenters. The second kappa shape index (κ2) is 7.31. The average molecular weight is 474 g/mol. The number of nitrogens with zero attached hydrogens (tertiary/aromatic N) is 2. The van der Waals surface area contributed by atoms with Gasteiger partial charge in [0.2, 0.25) is 10.0 Å². The number of rotatable bonds is 4. The van der Waals surface area contributed by atoms with Crippen molar-refractivity contribution in [2.45, 2.75) is 6.42 Å². The number of anilines is 2. The van der Waals surface area contributed by atoms with Crippen LogP contribution in [-0.2, 0) is 16.4 Å². The van der Waals surface area contributed by atoms with Crippen LogP contribution in [-0.4, -0.2) is 32.1 Å². The minimum absolute atomic E-state index is 0.309. The number of nitrogens with one attached hydrogen (secondary N) is 1. The summed E-state index contributed by atoms with van der Waals surface area (Å²) in [5.74, 6) is -0.309. The molecule has 146 valence electrons. The maximum absolute atomic E-state index is 12.6. The predicted octanol–water partition coefficient (Wildman–Crippen LogP) is 4.75. The number of fused-ring (bicyclic) bond motifs is 1. The molecule has 0 spiro atoms. The first-order valence-electron chi connectivity index (χ1n) is 8.05. The summed E-state index contributed by atoms with van der Waals surface area (Å²) in [5, 5.41) is 5.01. The molecular weight excluding hydrogens is 461 g/mol. The van der Waals surface area contributed by atoms with Gasteiger partial charge in [-0.15, -0.1) is 22.7 Å². The van der Waals surface area contributed by atoms with Gasteiger partial charge in [0.05, 0.1) is 22.0 Å². The molecule has 0 atom stereocenters. The number of halogens is 2. The first-order valence-corrected chi connectivity index (χ1v) is 12.3. The molecule has 3 aromatic rings. The highest BCUT2D eigenvalue weighted by Crippen LogP contribution is 2.39. The Labute approximate surface area is 179 Å². The molecule has 28 heavy (non-hydrogen) atoms. The number of carbonyl (C=O) groups is 1. The van der Waals surface area contributed by atoms with Crippen molar-refractivity contribution in [3.63, 3.8) is 0 Å². The summed E-state index contributed by atoms with van der Waals surface area (Å²) in [7, 11) is -3.32. The quantitative estimate of drug-likeness (QED) is 0.592. The van der Waals surface area contributed by atoms with E-state index in [4.69, 9.17) is 23.2 Å². The molecule has 2 aromatic heterocycles. The van der Waals surface area contributed by atoms with Gasteiger partial charge in [-0.3, -0.25) is 14.4 Å². The number of thiazole rings is 1. The van der Waals surface area contributed by atoms with Crippen molar-refractivity contribution in [1.29, 1.82) is 0 Å². The van der Waals surface area contributed by atoms with Gasteiger partial charge in [0.25, 0.3) is 5.91 Å². The maximum atomic E-state index is 12.6. The summed E-state index contributed by atoms with van der Waals surface area (Å²) in [5.41, 5.74) is 3.28. The van der Waals surface area contributed by atoms with Crippen LogP contribution >= 0.6 is 45.9 Å². The number of carbonyl (C=O) groups excluding carboxylic acids is 1. The first-order chi connectivity index (χ1) is 13.2. The second-order valence-electron chi connectivity index (χ2n) is 6.16. The van der Waals surface area contributed by atoms with Gasteiger partial charge in [-0.05, 0) is 36.2 Å². The zero-order chi connectivity index (χ0) is 20.1. The van der Waals surface area contributed by atoms with E-state index in [0.717, 1.165) is 11.1 Å². The van der Waals surface area contributed by atoms with Crippen molar-refractivity contribution < 1.29 is 13.2 Å². The smallest absolute Gasteiger partial charge is 0.257 e. The molecule has 1 aliphatic rings. The lowest BCUT2D eigenvalue weighted by atomic mass is 10.1. The number of aromatic nitrogens is 1. The third-order valence-electron chi connectivity index (χ3n) is 4.25. The molecule has 1 aromatic carbocycles. The summed E-state index contributed by atoms with van der Waals surface area (Å²) in [6.07, 6.45) is 1.75. The molecule has 0 radical (unpaired) electrons. The highest BCUT2D eigenvalue weighted by Gasteiger charge is 2.27. The predicted molar refractivity (Wildman–Crippen MR) is 116 cm³/mol. The van der Waals surface area contributed by atoms with Crippen molar-refractivity contribution >= 4 is 72.6 Å². The molecule has 0 bridgehead atoms. The summed E-state index contributed by atoms with van der Waals surface area (Å²) in [6, 6.07) is 6.74. The Hall–Kier alpha value is -1.65. The van der Waals surface area contributed by atoms with E-state index in [-0.39, 0.29) is 5.91 Å². The van der Waals surface area contributed by atoms with Crippen LogP contribution in [0.15, 0.2) is 29.6 Å². The first kappa shape index (κ1) is 19.7. The molecule has 1 amide bonds. The number of thiophene rings is 1. The Bertz CT molecular complexity index is 1190. The summed E-state index contributed by atoms with van der Waals surface area (Å²) >= 11 is 14.7. The van der Waals surface area contributed by atoms with E-state index in [1.54, 1.807) is 29.6 Å². The standard InChI is InChI=1S/C17H13Cl2N3O3S3/c1-28(24,25)22-5-4-9-6-10(2-3-13(9)22)16(23)21-17-20-12(8-26-17)11-7-14(18)27-15(11)19/h2-3,6-8H,4-5H2,1H3,(H,20,21,23). The van der Waals surface area contributed by atoms with Crippen molar-refractivity contribution in [3.05, 3.63) is 49.4 Å². The Balaban J connectivity index is 1.53. The van der Waals surface area contributed by atoms with Crippen LogP contribution in [0.3, 0.4) is 0 Å². The minimum atomic E-state index is -3.32. The van der Waals surface area contributed by atoms with Gasteiger partial charge >= 0.3 is 0 Å². The number of benzene rings is 1. The molecule has 3 heterocycles. The lowest BCUT2D eigenvalue weighted by Crippen LogP contribution is -2.27. The zero-order valence-corrected chi connectivity index (χ0v) is 18.4. The third kappa shape index (κ3) is 3.77. The highest BCUT2D eigenvalue weighted by atomic mass is 35.5. The summed E-state index contributed by atoms with van der Waals surface area (Å²) in [4.78, 5) is 17.0.